The molecule has 4 heteroatoms. The summed E-state index contributed by atoms with van der Waals surface area (Å²) < 4.78 is 5.77. The first-order chi connectivity index (χ1) is 11.6. The Labute approximate surface area is 147 Å². The summed E-state index contributed by atoms with van der Waals surface area (Å²) in [6.45, 7) is 6.19. The molecule has 0 saturated carbocycles. The number of pyridine rings is 1. The smallest absolute Gasteiger partial charge is 0.131 e. The fourth-order valence-electron chi connectivity index (χ4n) is 2.65. The molecule has 1 N–H and O–H groups in total. The second-order valence-electron chi connectivity index (χ2n) is 5.97. The molecule has 3 aromatic rings. The van der Waals surface area contributed by atoms with Crippen LogP contribution in [0.5, 0.6) is 5.75 Å². The SMILES string of the molecule is CCc1cc(OC(C)C)ccc1Nc1ccc2cccc(Cl)c2n1. The van der Waals surface area contributed by atoms with E-state index in [1.54, 1.807) is 0 Å². The number of aromatic nitrogens is 1. The average Bonchev–Trinajstić information content (AvgIpc) is 2.56. The lowest BCUT2D eigenvalue weighted by atomic mass is 10.1. The highest BCUT2D eigenvalue weighted by Crippen LogP contribution is 2.28. The second-order valence-corrected chi connectivity index (χ2v) is 6.38. The maximum absolute atomic E-state index is 6.25. The lowest BCUT2D eigenvalue weighted by Crippen LogP contribution is -2.06. The first-order valence-corrected chi connectivity index (χ1v) is 8.56. The quantitative estimate of drug-likeness (QED) is 0.620. The Morgan fingerprint density at radius 1 is 1.12 bits per heavy atom. The largest absolute Gasteiger partial charge is 0.491 e. The Morgan fingerprint density at radius 3 is 2.71 bits per heavy atom. The second kappa shape index (κ2) is 7.10. The zero-order chi connectivity index (χ0) is 17.1. The molecule has 0 aliphatic carbocycles. The molecule has 0 saturated heterocycles. The number of para-hydroxylation sites is 1. The van der Waals surface area contributed by atoms with Crippen molar-refractivity contribution in [1.29, 1.82) is 0 Å². The van der Waals surface area contributed by atoms with Gasteiger partial charge in [-0.05, 0) is 62.2 Å². The van der Waals surface area contributed by atoms with Crippen LogP contribution in [0.3, 0.4) is 0 Å². The number of benzene rings is 2. The van der Waals surface area contributed by atoms with Crippen molar-refractivity contribution in [3.05, 3.63) is 59.1 Å². The lowest BCUT2D eigenvalue weighted by Gasteiger charge is -2.15. The molecule has 0 fully saturated rings. The zero-order valence-corrected chi connectivity index (χ0v) is 14.9. The number of nitrogens with zero attached hydrogens (tertiary/aromatic N) is 1. The van der Waals surface area contributed by atoms with E-state index in [1.807, 2.05) is 56.3 Å². The molecule has 2 aromatic carbocycles. The lowest BCUT2D eigenvalue weighted by molar-refractivity contribution is 0.242. The predicted molar refractivity (Wildman–Crippen MR) is 102 cm³/mol. The molecule has 1 heterocycles. The van der Waals surface area contributed by atoms with E-state index in [-0.39, 0.29) is 6.10 Å². The molecule has 0 amide bonds. The molecular formula is C20H21ClN2O. The van der Waals surface area contributed by atoms with Crippen molar-refractivity contribution in [2.75, 3.05) is 5.32 Å². The van der Waals surface area contributed by atoms with Gasteiger partial charge in [0.05, 0.1) is 16.6 Å². The molecular weight excluding hydrogens is 320 g/mol. The first kappa shape index (κ1) is 16.6. The van der Waals surface area contributed by atoms with Crippen LogP contribution < -0.4 is 10.1 Å². The maximum Gasteiger partial charge on any atom is 0.131 e. The first-order valence-electron chi connectivity index (χ1n) is 8.18. The number of hydrogen-bond acceptors (Lipinski definition) is 3. The van der Waals surface area contributed by atoms with Crippen LogP contribution in [0.1, 0.15) is 26.3 Å². The number of nitrogens with one attached hydrogen (secondary N) is 1. The van der Waals surface area contributed by atoms with Gasteiger partial charge in [-0.3, -0.25) is 0 Å². The van der Waals surface area contributed by atoms with Gasteiger partial charge in [0.1, 0.15) is 11.6 Å². The van der Waals surface area contributed by atoms with Crippen LogP contribution in [0.25, 0.3) is 10.9 Å². The molecule has 24 heavy (non-hydrogen) atoms. The third kappa shape index (κ3) is 3.62. The van der Waals surface area contributed by atoms with E-state index in [0.717, 1.165) is 34.6 Å². The summed E-state index contributed by atoms with van der Waals surface area (Å²) in [6, 6.07) is 15.9. The molecule has 3 rings (SSSR count). The molecule has 0 bridgehead atoms. The molecule has 0 aliphatic heterocycles. The van der Waals surface area contributed by atoms with Crippen molar-refractivity contribution in [2.45, 2.75) is 33.3 Å². The number of hydrogen-bond donors (Lipinski definition) is 1. The van der Waals surface area contributed by atoms with Crippen LogP contribution >= 0.6 is 11.6 Å². The molecule has 0 radical (unpaired) electrons. The Bertz CT molecular complexity index is 861. The van der Waals surface area contributed by atoms with Gasteiger partial charge in [0, 0.05) is 11.1 Å². The van der Waals surface area contributed by atoms with E-state index < -0.39 is 0 Å². The van der Waals surface area contributed by atoms with Crippen molar-refractivity contribution in [3.8, 4) is 5.75 Å². The summed E-state index contributed by atoms with van der Waals surface area (Å²) in [5.41, 5.74) is 3.03. The standard InChI is InChI=1S/C20H21ClN2O/c1-4-14-12-16(24-13(2)3)9-10-18(14)22-19-11-8-15-6-5-7-17(21)20(15)23-19/h5-13H,4H2,1-3H3,(H,22,23). The minimum absolute atomic E-state index is 0.165. The monoisotopic (exact) mass is 340 g/mol. The fraction of sp³-hybridized carbons (Fsp3) is 0.250. The number of aryl methyl sites for hydroxylation is 1. The molecule has 0 spiro atoms. The molecule has 3 nitrogen and oxygen atoms in total. The molecule has 0 atom stereocenters. The van der Waals surface area contributed by atoms with Crippen LogP contribution in [0.4, 0.5) is 11.5 Å². The summed E-state index contributed by atoms with van der Waals surface area (Å²) in [5, 5.41) is 5.09. The maximum atomic E-state index is 6.25. The van der Waals surface area contributed by atoms with Crippen LogP contribution in [0, 0.1) is 0 Å². The number of ether oxygens (including phenoxy) is 1. The predicted octanol–water partition coefficient (Wildman–Crippen LogP) is 5.98. The topological polar surface area (TPSA) is 34.1 Å². The Balaban J connectivity index is 1.91. The van der Waals surface area contributed by atoms with Crippen LogP contribution in [0.2, 0.25) is 5.02 Å². The van der Waals surface area contributed by atoms with Crippen molar-refractivity contribution in [3.63, 3.8) is 0 Å². The van der Waals surface area contributed by atoms with Crippen LogP contribution in [-0.4, -0.2) is 11.1 Å². The highest BCUT2D eigenvalue weighted by atomic mass is 35.5. The van der Waals surface area contributed by atoms with E-state index in [2.05, 4.69) is 23.3 Å². The van der Waals surface area contributed by atoms with E-state index in [0.29, 0.717) is 5.02 Å². The van der Waals surface area contributed by atoms with Gasteiger partial charge in [-0.25, -0.2) is 4.98 Å². The van der Waals surface area contributed by atoms with Gasteiger partial charge < -0.3 is 10.1 Å². The van der Waals surface area contributed by atoms with Gasteiger partial charge in [-0.1, -0.05) is 30.7 Å². The van der Waals surface area contributed by atoms with Crippen LogP contribution in [-0.2, 0) is 6.42 Å². The summed E-state index contributed by atoms with van der Waals surface area (Å²) in [7, 11) is 0. The minimum atomic E-state index is 0.165. The van der Waals surface area contributed by atoms with E-state index in [4.69, 9.17) is 16.3 Å². The summed E-state index contributed by atoms with van der Waals surface area (Å²) in [5.74, 6) is 1.67. The highest BCUT2D eigenvalue weighted by molar-refractivity contribution is 6.35. The van der Waals surface area contributed by atoms with E-state index in [1.165, 1.54) is 5.56 Å². The van der Waals surface area contributed by atoms with Gasteiger partial charge >= 0.3 is 0 Å². The summed E-state index contributed by atoms with van der Waals surface area (Å²) in [4.78, 5) is 4.64. The van der Waals surface area contributed by atoms with Gasteiger partial charge in [-0.15, -0.1) is 0 Å². The molecule has 0 aliphatic rings. The summed E-state index contributed by atoms with van der Waals surface area (Å²) >= 11 is 6.25. The van der Waals surface area contributed by atoms with Gasteiger partial charge in [0.2, 0.25) is 0 Å². The molecule has 0 unspecified atom stereocenters. The van der Waals surface area contributed by atoms with Crippen molar-refractivity contribution in [2.24, 2.45) is 0 Å². The van der Waals surface area contributed by atoms with E-state index in [9.17, 15) is 0 Å². The van der Waals surface area contributed by atoms with Gasteiger partial charge in [-0.2, -0.15) is 0 Å². The number of halogens is 1. The Morgan fingerprint density at radius 2 is 1.96 bits per heavy atom. The third-order valence-corrected chi connectivity index (χ3v) is 4.07. The third-order valence-electron chi connectivity index (χ3n) is 3.76. The average molecular weight is 341 g/mol. The van der Waals surface area contributed by atoms with E-state index >= 15 is 0 Å². The van der Waals surface area contributed by atoms with Crippen LogP contribution in [0.15, 0.2) is 48.5 Å². The van der Waals surface area contributed by atoms with Gasteiger partial charge in [0.25, 0.3) is 0 Å². The number of anilines is 2. The Hall–Kier alpha value is -2.26. The van der Waals surface area contributed by atoms with Gasteiger partial charge in [0.15, 0.2) is 0 Å². The van der Waals surface area contributed by atoms with Crippen molar-refractivity contribution >= 4 is 34.0 Å². The number of rotatable bonds is 5. The summed E-state index contributed by atoms with van der Waals surface area (Å²) in [6.07, 6.45) is 1.07. The highest BCUT2D eigenvalue weighted by Gasteiger charge is 2.07. The molecule has 124 valence electrons. The van der Waals surface area contributed by atoms with Crippen molar-refractivity contribution in [1.82, 2.24) is 4.98 Å². The minimum Gasteiger partial charge on any atom is -0.491 e. The fourth-order valence-corrected chi connectivity index (χ4v) is 2.87. The zero-order valence-electron chi connectivity index (χ0n) is 14.1. The normalized spacial score (nSPS) is 11.0. The molecule has 1 aromatic heterocycles. The number of fused-ring (bicyclic) bond motifs is 1. The van der Waals surface area contributed by atoms with Crippen molar-refractivity contribution < 1.29 is 4.74 Å². The Kier molecular flexibility index (Phi) is 4.91.